The predicted molar refractivity (Wildman–Crippen MR) is 83.9 cm³/mol. The minimum Gasteiger partial charge on any atom is -0.373 e. The van der Waals surface area contributed by atoms with E-state index >= 15 is 0 Å². The summed E-state index contributed by atoms with van der Waals surface area (Å²) in [5.74, 6) is 1.65. The first-order valence-electron chi connectivity index (χ1n) is 6.86. The Morgan fingerprint density at radius 3 is 2.50 bits per heavy atom. The predicted octanol–water partition coefficient (Wildman–Crippen LogP) is 3.90. The molecule has 3 heteroatoms. The maximum Gasteiger partial charge on any atom is 0.162 e. The van der Waals surface area contributed by atoms with Gasteiger partial charge in [-0.15, -0.1) is 0 Å². The first-order chi connectivity index (χ1) is 9.83. The van der Waals surface area contributed by atoms with E-state index < -0.39 is 0 Å². The molecule has 0 saturated heterocycles. The molecule has 3 aromatic rings. The van der Waals surface area contributed by atoms with Crippen molar-refractivity contribution >= 4 is 16.7 Å². The van der Waals surface area contributed by atoms with E-state index in [4.69, 9.17) is 4.98 Å². The van der Waals surface area contributed by atoms with Gasteiger partial charge in [-0.2, -0.15) is 0 Å². The van der Waals surface area contributed by atoms with Crippen LogP contribution in [0.25, 0.3) is 22.3 Å². The summed E-state index contributed by atoms with van der Waals surface area (Å²) in [6.07, 6.45) is 0.973. The minimum absolute atomic E-state index is 0.783. The van der Waals surface area contributed by atoms with Gasteiger partial charge in [0, 0.05) is 18.0 Å². The quantitative estimate of drug-likeness (QED) is 0.778. The maximum atomic E-state index is 4.71. The van der Waals surface area contributed by atoms with E-state index in [9.17, 15) is 0 Å². The molecule has 0 bridgehead atoms. The van der Waals surface area contributed by atoms with Crippen LogP contribution < -0.4 is 5.32 Å². The lowest BCUT2D eigenvalue weighted by molar-refractivity contribution is 1.12. The van der Waals surface area contributed by atoms with E-state index in [1.54, 1.807) is 0 Å². The number of anilines is 1. The molecule has 0 spiro atoms. The first kappa shape index (κ1) is 12.6. The van der Waals surface area contributed by atoms with Crippen LogP contribution in [0.5, 0.6) is 0 Å². The Labute approximate surface area is 118 Å². The molecule has 1 aromatic heterocycles. The van der Waals surface area contributed by atoms with Crippen molar-refractivity contribution in [3.8, 4) is 11.4 Å². The summed E-state index contributed by atoms with van der Waals surface area (Å²) in [6, 6.07) is 16.4. The number of aryl methyl sites for hydroxylation is 1. The molecule has 100 valence electrons. The van der Waals surface area contributed by atoms with Crippen LogP contribution in [0.15, 0.2) is 48.5 Å². The average molecular weight is 263 g/mol. The number of fused-ring (bicyclic) bond motifs is 1. The summed E-state index contributed by atoms with van der Waals surface area (Å²) in [5.41, 5.74) is 3.34. The van der Waals surface area contributed by atoms with Gasteiger partial charge in [-0.25, -0.2) is 9.97 Å². The SMILES string of the molecule is CCc1ccccc1-c1nc(NC)c2ccccc2n1. The van der Waals surface area contributed by atoms with Crippen molar-refractivity contribution in [1.29, 1.82) is 0 Å². The molecule has 0 aliphatic rings. The molecule has 1 N–H and O–H groups in total. The molecule has 0 aliphatic heterocycles. The molecule has 0 fully saturated rings. The molecule has 0 amide bonds. The molecule has 20 heavy (non-hydrogen) atoms. The summed E-state index contributed by atoms with van der Waals surface area (Å²) in [4.78, 5) is 9.39. The summed E-state index contributed by atoms with van der Waals surface area (Å²) >= 11 is 0. The number of nitrogens with one attached hydrogen (secondary N) is 1. The number of para-hydroxylation sites is 1. The second-order valence-electron chi connectivity index (χ2n) is 4.67. The largest absolute Gasteiger partial charge is 0.373 e. The Hall–Kier alpha value is -2.42. The number of hydrogen-bond acceptors (Lipinski definition) is 3. The van der Waals surface area contributed by atoms with Crippen LogP contribution in [0.3, 0.4) is 0 Å². The number of hydrogen-bond donors (Lipinski definition) is 1. The molecule has 0 radical (unpaired) electrons. The van der Waals surface area contributed by atoms with Gasteiger partial charge >= 0.3 is 0 Å². The second kappa shape index (κ2) is 5.29. The number of nitrogens with zero attached hydrogens (tertiary/aromatic N) is 2. The van der Waals surface area contributed by atoms with Crippen molar-refractivity contribution in [2.75, 3.05) is 12.4 Å². The lowest BCUT2D eigenvalue weighted by Gasteiger charge is -2.10. The summed E-state index contributed by atoms with van der Waals surface area (Å²) in [5, 5.41) is 4.22. The third-order valence-corrected chi connectivity index (χ3v) is 3.48. The van der Waals surface area contributed by atoms with E-state index in [1.165, 1.54) is 5.56 Å². The molecule has 1 heterocycles. The van der Waals surface area contributed by atoms with Gasteiger partial charge < -0.3 is 5.32 Å². The molecule has 3 nitrogen and oxygen atoms in total. The molecule has 0 atom stereocenters. The van der Waals surface area contributed by atoms with E-state index in [1.807, 2.05) is 37.4 Å². The number of aromatic nitrogens is 2. The Morgan fingerprint density at radius 1 is 0.950 bits per heavy atom. The highest BCUT2D eigenvalue weighted by Gasteiger charge is 2.10. The van der Waals surface area contributed by atoms with Crippen LogP contribution in [0, 0.1) is 0 Å². The minimum atomic E-state index is 0.783. The zero-order chi connectivity index (χ0) is 13.9. The monoisotopic (exact) mass is 263 g/mol. The first-order valence-corrected chi connectivity index (χ1v) is 6.86. The molecular weight excluding hydrogens is 246 g/mol. The van der Waals surface area contributed by atoms with E-state index in [0.29, 0.717) is 0 Å². The number of benzene rings is 2. The van der Waals surface area contributed by atoms with Crippen molar-refractivity contribution in [2.24, 2.45) is 0 Å². The van der Waals surface area contributed by atoms with E-state index in [0.717, 1.165) is 34.5 Å². The highest BCUT2D eigenvalue weighted by atomic mass is 15.0. The molecule has 0 aliphatic carbocycles. The third kappa shape index (κ3) is 2.11. The van der Waals surface area contributed by atoms with Crippen LogP contribution in [0.4, 0.5) is 5.82 Å². The molecule has 2 aromatic carbocycles. The highest BCUT2D eigenvalue weighted by molar-refractivity contribution is 5.90. The van der Waals surface area contributed by atoms with Gasteiger partial charge in [-0.05, 0) is 24.1 Å². The Morgan fingerprint density at radius 2 is 1.70 bits per heavy atom. The number of rotatable bonds is 3. The summed E-state index contributed by atoms with van der Waals surface area (Å²) in [7, 11) is 1.89. The second-order valence-corrected chi connectivity index (χ2v) is 4.67. The van der Waals surface area contributed by atoms with Crippen molar-refractivity contribution in [3.63, 3.8) is 0 Å². The lowest BCUT2D eigenvalue weighted by atomic mass is 10.0. The standard InChI is InChI=1S/C17H17N3/c1-3-12-8-4-5-9-13(12)17-19-15-11-7-6-10-14(15)16(18-2)20-17/h4-11H,3H2,1-2H3,(H,18,19,20). The van der Waals surface area contributed by atoms with Crippen molar-refractivity contribution < 1.29 is 0 Å². The van der Waals surface area contributed by atoms with Gasteiger partial charge in [0.15, 0.2) is 5.82 Å². The fourth-order valence-electron chi connectivity index (χ4n) is 2.43. The highest BCUT2D eigenvalue weighted by Crippen LogP contribution is 2.26. The third-order valence-electron chi connectivity index (χ3n) is 3.48. The topological polar surface area (TPSA) is 37.8 Å². The average Bonchev–Trinajstić information content (AvgIpc) is 2.53. The van der Waals surface area contributed by atoms with Gasteiger partial charge in [0.25, 0.3) is 0 Å². The van der Waals surface area contributed by atoms with Crippen LogP contribution >= 0.6 is 0 Å². The van der Waals surface area contributed by atoms with Gasteiger partial charge in [0.1, 0.15) is 5.82 Å². The lowest BCUT2D eigenvalue weighted by Crippen LogP contribution is -2.00. The Balaban J connectivity index is 2.26. The molecule has 0 unspecified atom stereocenters. The summed E-state index contributed by atoms with van der Waals surface area (Å²) < 4.78 is 0. The van der Waals surface area contributed by atoms with E-state index in [2.05, 4.69) is 35.4 Å². The van der Waals surface area contributed by atoms with Crippen LogP contribution in [-0.2, 0) is 6.42 Å². The van der Waals surface area contributed by atoms with Crippen molar-refractivity contribution in [3.05, 3.63) is 54.1 Å². The fourth-order valence-corrected chi connectivity index (χ4v) is 2.43. The van der Waals surface area contributed by atoms with Crippen molar-refractivity contribution in [2.45, 2.75) is 13.3 Å². The van der Waals surface area contributed by atoms with Gasteiger partial charge in [-0.3, -0.25) is 0 Å². The van der Waals surface area contributed by atoms with Gasteiger partial charge in [0.05, 0.1) is 5.52 Å². The zero-order valence-electron chi connectivity index (χ0n) is 11.7. The van der Waals surface area contributed by atoms with Crippen LogP contribution in [0.2, 0.25) is 0 Å². The summed E-state index contributed by atoms with van der Waals surface area (Å²) in [6.45, 7) is 2.15. The molecular formula is C17H17N3. The molecule has 3 rings (SSSR count). The Kier molecular flexibility index (Phi) is 3.33. The van der Waals surface area contributed by atoms with Crippen molar-refractivity contribution in [1.82, 2.24) is 9.97 Å². The van der Waals surface area contributed by atoms with E-state index in [-0.39, 0.29) is 0 Å². The molecule has 0 saturated carbocycles. The fraction of sp³-hybridized carbons (Fsp3) is 0.176. The normalized spacial score (nSPS) is 10.7. The van der Waals surface area contributed by atoms with Gasteiger partial charge in [0.2, 0.25) is 0 Å². The zero-order valence-corrected chi connectivity index (χ0v) is 11.7. The Bertz CT molecular complexity index is 750. The van der Waals surface area contributed by atoms with Crippen LogP contribution in [-0.4, -0.2) is 17.0 Å². The van der Waals surface area contributed by atoms with Crippen LogP contribution in [0.1, 0.15) is 12.5 Å². The van der Waals surface area contributed by atoms with Gasteiger partial charge in [-0.1, -0.05) is 43.3 Å². The maximum absolute atomic E-state index is 4.71. The smallest absolute Gasteiger partial charge is 0.162 e.